The molecule has 11 nitrogen and oxygen atoms in total. The summed E-state index contributed by atoms with van der Waals surface area (Å²) in [6, 6.07) is 2.85. The van der Waals surface area contributed by atoms with Gasteiger partial charge in [-0.2, -0.15) is 14.4 Å². The summed E-state index contributed by atoms with van der Waals surface area (Å²) in [5.41, 5.74) is -0.671. The Morgan fingerprint density at radius 3 is 2.59 bits per heavy atom. The molecule has 2 fully saturated rings. The fraction of sp³-hybridized carbons (Fsp3) is 0.545. The van der Waals surface area contributed by atoms with Gasteiger partial charge in [-0.3, -0.25) is 14.0 Å². The van der Waals surface area contributed by atoms with Crippen molar-refractivity contribution in [2.75, 3.05) is 18.4 Å². The minimum absolute atomic E-state index is 0.00345. The summed E-state index contributed by atoms with van der Waals surface area (Å²) in [6.45, 7) is 2.51. The van der Waals surface area contributed by atoms with Crippen LogP contribution in [0.1, 0.15) is 45.1 Å². The maximum Gasteiger partial charge on any atom is 0.252 e. The van der Waals surface area contributed by atoms with E-state index in [0.29, 0.717) is 50.4 Å². The van der Waals surface area contributed by atoms with Crippen LogP contribution in [0.4, 0.5) is 5.95 Å². The fourth-order valence-electron chi connectivity index (χ4n) is 5.05. The SMILES string of the molecule is Cn1cc(S(=O)(=O)N2CCC(Nc3ncc4ccc(=O)n(C5CCCC5(C)O)c4n3)CC2)cn1. The number of hydrogen-bond acceptors (Lipinski definition) is 8. The van der Waals surface area contributed by atoms with Crippen molar-refractivity contribution in [1.82, 2.24) is 28.6 Å². The minimum Gasteiger partial charge on any atom is -0.388 e. The maximum absolute atomic E-state index is 12.8. The first-order chi connectivity index (χ1) is 16.1. The van der Waals surface area contributed by atoms with Gasteiger partial charge in [0.05, 0.1) is 17.8 Å². The predicted octanol–water partition coefficient (Wildman–Crippen LogP) is 1.27. The third kappa shape index (κ3) is 4.10. The molecule has 1 aliphatic heterocycles. The first-order valence-corrected chi connectivity index (χ1v) is 13.0. The van der Waals surface area contributed by atoms with Gasteiger partial charge in [0, 0.05) is 50.0 Å². The zero-order valence-electron chi connectivity index (χ0n) is 19.3. The summed E-state index contributed by atoms with van der Waals surface area (Å²) in [6.07, 6.45) is 7.93. The van der Waals surface area contributed by atoms with Crippen LogP contribution in [0.3, 0.4) is 0 Å². The summed E-state index contributed by atoms with van der Waals surface area (Å²) >= 11 is 0. The Labute approximate surface area is 197 Å². The zero-order chi connectivity index (χ0) is 24.1. The molecule has 1 saturated heterocycles. The Morgan fingerprint density at radius 2 is 1.94 bits per heavy atom. The third-order valence-corrected chi connectivity index (χ3v) is 8.81. The summed E-state index contributed by atoms with van der Waals surface area (Å²) in [5, 5.41) is 18.8. The van der Waals surface area contributed by atoms with Gasteiger partial charge < -0.3 is 10.4 Å². The van der Waals surface area contributed by atoms with E-state index in [4.69, 9.17) is 0 Å². The van der Waals surface area contributed by atoms with E-state index in [1.165, 1.54) is 27.4 Å². The quantitative estimate of drug-likeness (QED) is 0.549. The number of aliphatic hydroxyl groups is 1. The van der Waals surface area contributed by atoms with Gasteiger partial charge in [-0.05, 0) is 45.1 Å². The van der Waals surface area contributed by atoms with E-state index in [2.05, 4.69) is 20.4 Å². The average Bonchev–Trinajstić information content (AvgIpc) is 3.39. The van der Waals surface area contributed by atoms with Gasteiger partial charge in [-0.25, -0.2) is 13.4 Å². The first kappa shape index (κ1) is 22.9. The fourth-order valence-corrected chi connectivity index (χ4v) is 6.51. The Morgan fingerprint density at radius 1 is 1.18 bits per heavy atom. The van der Waals surface area contributed by atoms with Gasteiger partial charge in [0.2, 0.25) is 16.0 Å². The third-order valence-electron chi connectivity index (χ3n) is 6.96. The van der Waals surface area contributed by atoms with E-state index >= 15 is 0 Å². The molecule has 3 aromatic rings. The number of anilines is 1. The molecule has 1 saturated carbocycles. The number of fused-ring (bicyclic) bond motifs is 1. The molecule has 0 spiro atoms. The summed E-state index contributed by atoms with van der Waals surface area (Å²) in [7, 11) is -1.88. The van der Waals surface area contributed by atoms with Gasteiger partial charge in [0.25, 0.3) is 5.56 Å². The lowest BCUT2D eigenvalue weighted by atomic mass is 10.00. The topological polar surface area (TPSA) is 135 Å². The molecular formula is C22H29N7O4S. The Hall–Kier alpha value is -2.83. The first-order valence-electron chi connectivity index (χ1n) is 11.5. The molecule has 2 unspecified atom stereocenters. The highest BCUT2D eigenvalue weighted by Gasteiger charge is 2.39. The van der Waals surface area contributed by atoms with E-state index in [-0.39, 0.29) is 22.5 Å². The number of hydrogen-bond donors (Lipinski definition) is 2. The number of nitrogens with one attached hydrogen (secondary N) is 1. The van der Waals surface area contributed by atoms with E-state index in [1.54, 1.807) is 30.8 Å². The molecule has 4 heterocycles. The molecule has 2 aliphatic rings. The summed E-state index contributed by atoms with van der Waals surface area (Å²) < 4.78 is 30.2. The van der Waals surface area contributed by atoms with Gasteiger partial charge in [0.1, 0.15) is 10.5 Å². The molecule has 5 rings (SSSR count). The van der Waals surface area contributed by atoms with E-state index in [9.17, 15) is 18.3 Å². The molecule has 0 amide bonds. The van der Waals surface area contributed by atoms with Crippen LogP contribution in [0.15, 0.2) is 40.4 Å². The smallest absolute Gasteiger partial charge is 0.252 e. The lowest BCUT2D eigenvalue weighted by molar-refractivity contribution is 0.0267. The van der Waals surface area contributed by atoms with Crippen molar-refractivity contribution < 1.29 is 13.5 Å². The molecule has 2 N–H and O–H groups in total. The van der Waals surface area contributed by atoms with Crippen molar-refractivity contribution in [3.63, 3.8) is 0 Å². The second kappa shape index (κ2) is 8.43. The molecule has 1 aliphatic carbocycles. The van der Waals surface area contributed by atoms with E-state index in [0.717, 1.165) is 11.8 Å². The van der Waals surface area contributed by atoms with Crippen molar-refractivity contribution in [1.29, 1.82) is 0 Å². The maximum atomic E-state index is 12.8. The molecular weight excluding hydrogens is 458 g/mol. The largest absolute Gasteiger partial charge is 0.388 e. The van der Waals surface area contributed by atoms with Crippen LogP contribution in [-0.4, -0.2) is 66.9 Å². The van der Waals surface area contributed by atoms with Crippen LogP contribution >= 0.6 is 0 Å². The zero-order valence-corrected chi connectivity index (χ0v) is 20.1. The molecule has 0 bridgehead atoms. The standard InChI is InChI=1S/C22H29N7O4S/c1-22(31)9-3-4-18(22)29-19(30)6-5-15-12-23-21(26-20(15)29)25-16-7-10-28(11-8-16)34(32,33)17-13-24-27(2)14-17/h5-6,12-14,16,18,31H,3-4,7-11H2,1-2H3,(H,23,25,26). The molecule has 2 atom stereocenters. The highest BCUT2D eigenvalue weighted by Crippen LogP contribution is 2.39. The number of sulfonamides is 1. The van der Waals surface area contributed by atoms with Crippen LogP contribution < -0.4 is 10.9 Å². The second-order valence-electron chi connectivity index (χ2n) is 9.45. The highest BCUT2D eigenvalue weighted by molar-refractivity contribution is 7.89. The van der Waals surface area contributed by atoms with Gasteiger partial charge in [-0.1, -0.05) is 0 Å². The number of aromatic nitrogens is 5. The molecule has 34 heavy (non-hydrogen) atoms. The molecule has 3 aromatic heterocycles. The van der Waals surface area contributed by atoms with Crippen molar-refractivity contribution in [3.8, 4) is 0 Å². The number of piperidine rings is 1. The second-order valence-corrected chi connectivity index (χ2v) is 11.4. The normalized spacial score (nSPS) is 24.6. The van der Waals surface area contributed by atoms with Gasteiger partial charge in [-0.15, -0.1) is 0 Å². The van der Waals surface area contributed by atoms with Crippen LogP contribution in [0.5, 0.6) is 0 Å². The van der Waals surface area contributed by atoms with Gasteiger partial charge >= 0.3 is 0 Å². The van der Waals surface area contributed by atoms with Crippen molar-refractivity contribution in [2.24, 2.45) is 7.05 Å². The number of rotatable bonds is 5. The van der Waals surface area contributed by atoms with Gasteiger partial charge in [0.15, 0.2) is 0 Å². The molecule has 0 radical (unpaired) electrons. The van der Waals surface area contributed by atoms with Crippen molar-refractivity contribution >= 4 is 27.0 Å². The number of pyridine rings is 1. The Balaban J connectivity index is 1.34. The summed E-state index contributed by atoms with van der Waals surface area (Å²) in [5.74, 6) is 0.387. The number of nitrogens with zero attached hydrogens (tertiary/aromatic N) is 6. The average molecular weight is 488 g/mol. The molecule has 182 valence electrons. The molecule has 12 heteroatoms. The van der Waals surface area contributed by atoms with Crippen LogP contribution in [0.2, 0.25) is 0 Å². The predicted molar refractivity (Wildman–Crippen MR) is 126 cm³/mol. The lowest BCUT2D eigenvalue weighted by Crippen LogP contribution is -2.42. The number of aryl methyl sites for hydroxylation is 1. The van der Waals surface area contributed by atoms with Crippen LogP contribution in [0.25, 0.3) is 11.0 Å². The highest BCUT2D eigenvalue weighted by atomic mass is 32.2. The Bertz CT molecular complexity index is 1370. The van der Waals surface area contributed by atoms with Crippen LogP contribution in [-0.2, 0) is 17.1 Å². The van der Waals surface area contributed by atoms with Crippen molar-refractivity contribution in [2.45, 2.75) is 61.6 Å². The van der Waals surface area contributed by atoms with Crippen LogP contribution in [0, 0.1) is 0 Å². The van der Waals surface area contributed by atoms with E-state index in [1.807, 2.05) is 0 Å². The monoisotopic (exact) mass is 487 g/mol. The lowest BCUT2D eigenvalue weighted by Gasteiger charge is -2.31. The molecule has 0 aromatic carbocycles. The summed E-state index contributed by atoms with van der Waals surface area (Å²) in [4.78, 5) is 22.0. The minimum atomic E-state index is -3.57. The van der Waals surface area contributed by atoms with Crippen molar-refractivity contribution in [3.05, 3.63) is 41.1 Å². The Kier molecular flexibility index (Phi) is 5.69. The van der Waals surface area contributed by atoms with E-state index < -0.39 is 15.6 Å².